The van der Waals surface area contributed by atoms with Crippen LogP contribution in [0.1, 0.15) is 48.5 Å². The lowest BCUT2D eigenvalue weighted by molar-refractivity contribution is 0.381. The van der Waals surface area contributed by atoms with E-state index in [1.807, 2.05) is 0 Å². The summed E-state index contributed by atoms with van der Waals surface area (Å²) in [6.45, 7) is 12.5. The number of benzene rings is 3. The molecule has 0 saturated carbocycles. The first-order valence-electron chi connectivity index (χ1n) is 10.6. The summed E-state index contributed by atoms with van der Waals surface area (Å²) in [6.07, 6.45) is 0. The van der Waals surface area contributed by atoms with Gasteiger partial charge in [0.25, 0.3) is 8.32 Å². The Hall–Kier alpha value is -2.36. The van der Waals surface area contributed by atoms with Crippen LogP contribution in [-0.4, -0.2) is 8.32 Å². The van der Waals surface area contributed by atoms with Crippen molar-refractivity contribution in [3.63, 3.8) is 0 Å². The van der Waals surface area contributed by atoms with E-state index < -0.39 is 87.2 Å². The molecule has 0 spiro atoms. The van der Waals surface area contributed by atoms with Gasteiger partial charge in [-0.05, 0) is 22.2 Å². The molecule has 0 radical (unpaired) electrons. The summed E-state index contributed by atoms with van der Waals surface area (Å²) in [7, 11) is -3.22. The molecule has 0 aliphatic rings. The molecule has 0 aromatic heterocycles. The van der Waals surface area contributed by atoms with Crippen molar-refractivity contribution in [3.05, 3.63) is 52.6 Å². The van der Waals surface area contributed by atoms with Gasteiger partial charge in [-0.3, -0.25) is 0 Å². The third-order valence-electron chi connectivity index (χ3n) is 6.50. The van der Waals surface area contributed by atoms with Crippen LogP contribution in [0, 0.1) is 46.5 Å². The lowest BCUT2D eigenvalue weighted by atomic mass is 9.99. The highest BCUT2D eigenvalue weighted by molar-refractivity contribution is 6.79. The highest BCUT2D eigenvalue weighted by Gasteiger charge is 2.54. The van der Waals surface area contributed by atoms with Gasteiger partial charge < -0.3 is 4.43 Å². The van der Waals surface area contributed by atoms with E-state index in [9.17, 15) is 13.2 Å². The van der Waals surface area contributed by atoms with E-state index in [1.165, 1.54) is 0 Å². The van der Waals surface area contributed by atoms with Gasteiger partial charge in [0.2, 0.25) is 5.82 Å². The van der Waals surface area contributed by atoms with Crippen molar-refractivity contribution in [1.82, 2.24) is 0 Å². The minimum absolute atomic E-state index is 0.0975. The molecule has 3 aromatic carbocycles. The van der Waals surface area contributed by atoms with Crippen LogP contribution in [0.4, 0.5) is 35.1 Å². The Bertz CT molecular complexity index is 1300. The lowest BCUT2D eigenvalue weighted by Crippen LogP contribution is -2.55. The number of rotatable bonds is 4. The molecule has 0 atom stereocenters. The molecular formula is C24H24F8OSi. The van der Waals surface area contributed by atoms with Crippen molar-refractivity contribution < 1.29 is 39.5 Å². The molecule has 3 rings (SSSR count). The van der Waals surface area contributed by atoms with Crippen LogP contribution in [0.2, 0.25) is 16.1 Å². The highest BCUT2D eigenvalue weighted by atomic mass is 28.4. The Morgan fingerprint density at radius 2 is 1.09 bits per heavy atom. The normalized spacial score (nSPS) is 13.1. The Morgan fingerprint density at radius 1 is 0.618 bits per heavy atom. The van der Waals surface area contributed by atoms with E-state index in [0.717, 1.165) is 0 Å². The minimum atomic E-state index is -3.22. The van der Waals surface area contributed by atoms with Gasteiger partial charge in [0.05, 0.1) is 16.2 Å². The maximum atomic E-state index is 15.6. The molecule has 0 amide bonds. The van der Waals surface area contributed by atoms with Crippen LogP contribution in [0.25, 0.3) is 21.5 Å². The van der Waals surface area contributed by atoms with Gasteiger partial charge in [-0.2, -0.15) is 4.39 Å². The average Bonchev–Trinajstić information content (AvgIpc) is 2.71. The van der Waals surface area contributed by atoms with Crippen LogP contribution in [0.15, 0.2) is 6.07 Å². The first kappa shape index (κ1) is 26.2. The monoisotopic (exact) mass is 508 g/mol. The fourth-order valence-corrected chi connectivity index (χ4v) is 11.4. The fraction of sp³-hybridized carbons (Fsp3) is 0.417. The Kier molecular flexibility index (Phi) is 6.48. The molecule has 3 aromatic rings. The average molecular weight is 509 g/mol. The van der Waals surface area contributed by atoms with E-state index in [0.29, 0.717) is 0 Å². The molecule has 0 bridgehead atoms. The van der Waals surface area contributed by atoms with E-state index >= 15 is 22.0 Å². The summed E-state index contributed by atoms with van der Waals surface area (Å²) < 4.78 is 124. The zero-order chi connectivity index (χ0) is 26.1. The van der Waals surface area contributed by atoms with Crippen molar-refractivity contribution >= 4 is 29.9 Å². The zero-order valence-corrected chi connectivity index (χ0v) is 20.7. The van der Waals surface area contributed by atoms with Gasteiger partial charge in [0.1, 0.15) is 11.6 Å². The molecule has 186 valence electrons. The Balaban J connectivity index is 2.53. The topological polar surface area (TPSA) is 9.23 Å². The summed E-state index contributed by atoms with van der Waals surface area (Å²) in [5, 5.41) is -6.20. The number of fused-ring (bicyclic) bond motifs is 2. The third kappa shape index (κ3) is 3.47. The first-order chi connectivity index (χ1) is 15.5. The standard InChI is InChI=1S/C24H24F8OSi/c1-9(2)34(10(3)4,24(5,6)7)33-23-21(31)15-14(20(30)22(23)32)16(26)11-8-12(25)17(27)19(29)13(11)18(15)28/h8-10H,1-7H3. The van der Waals surface area contributed by atoms with Gasteiger partial charge in [-0.25, -0.2) is 30.7 Å². The van der Waals surface area contributed by atoms with Gasteiger partial charge in [-0.15, -0.1) is 0 Å². The molecule has 10 heteroatoms. The van der Waals surface area contributed by atoms with Gasteiger partial charge in [0.15, 0.2) is 34.8 Å². The molecule has 0 fully saturated rings. The molecule has 0 heterocycles. The minimum Gasteiger partial charge on any atom is -0.538 e. The van der Waals surface area contributed by atoms with Crippen molar-refractivity contribution in [2.24, 2.45) is 0 Å². The zero-order valence-electron chi connectivity index (χ0n) is 19.7. The van der Waals surface area contributed by atoms with Gasteiger partial charge >= 0.3 is 0 Å². The predicted molar refractivity (Wildman–Crippen MR) is 117 cm³/mol. The van der Waals surface area contributed by atoms with Crippen LogP contribution in [0.3, 0.4) is 0 Å². The molecule has 0 N–H and O–H groups in total. The van der Waals surface area contributed by atoms with Gasteiger partial charge in [-0.1, -0.05) is 48.5 Å². The Morgan fingerprint density at radius 3 is 1.56 bits per heavy atom. The van der Waals surface area contributed by atoms with Crippen molar-refractivity contribution in [2.45, 2.75) is 64.6 Å². The molecule has 0 aliphatic carbocycles. The van der Waals surface area contributed by atoms with Crippen molar-refractivity contribution in [1.29, 1.82) is 0 Å². The highest BCUT2D eigenvalue weighted by Crippen LogP contribution is 2.52. The van der Waals surface area contributed by atoms with E-state index in [4.69, 9.17) is 4.43 Å². The van der Waals surface area contributed by atoms with Crippen LogP contribution < -0.4 is 4.43 Å². The maximum Gasteiger partial charge on any atom is 0.261 e. The van der Waals surface area contributed by atoms with E-state index in [-0.39, 0.29) is 17.1 Å². The molecular weight excluding hydrogens is 484 g/mol. The summed E-state index contributed by atoms with van der Waals surface area (Å²) in [6, 6.07) is 0.0975. The Labute approximate surface area is 192 Å². The first-order valence-corrected chi connectivity index (χ1v) is 12.7. The van der Waals surface area contributed by atoms with Crippen molar-refractivity contribution in [3.8, 4) is 5.75 Å². The third-order valence-corrected chi connectivity index (χ3v) is 12.8. The van der Waals surface area contributed by atoms with E-state index in [1.54, 1.807) is 48.5 Å². The summed E-state index contributed by atoms with van der Waals surface area (Å²) >= 11 is 0. The summed E-state index contributed by atoms with van der Waals surface area (Å²) in [4.78, 5) is 0. The second-order valence-corrected chi connectivity index (χ2v) is 15.6. The number of hydrogen-bond acceptors (Lipinski definition) is 1. The second kappa shape index (κ2) is 8.39. The number of halogens is 8. The smallest absolute Gasteiger partial charge is 0.261 e. The lowest BCUT2D eigenvalue weighted by Gasteiger charge is -2.48. The second-order valence-electron chi connectivity index (χ2n) is 10.0. The molecule has 0 aliphatic heterocycles. The fourth-order valence-electron chi connectivity index (χ4n) is 5.34. The maximum absolute atomic E-state index is 15.6. The SMILES string of the molecule is CC(C)[Si](Oc1c(F)c(F)c2c(F)c3cc(F)c(F)c(F)c3c(F)c2c1F)(C(C)C)C(C)(C)C. The molecule has 0 saturated heterocycles. The largest absolute Gasteiger partial charge is 0.538 e. The van der Waals surface area contributed by atoms with Crippen LogP contribution in [0.5, 0.6) is 5.75 Å². The van der Waals surface area contributed by atoms with Gasteiger partial charge in [0, 0.05) is 5.39 Å². The molecule has 1 nitrogen and oxygen atoms in total. The van der Waals surface area contributed by atoms with E-state index in [2.05, 4.69) is 0 Å². The van der Waals surface area contributed by atoms with Crippen LogP contribution >= 0.6 is 0 Å². The summed E-state index contributed by atoms with van der Waals surface area (Å²) in [5.41, 5.74) is -0.504. The van der Waals surface area contributed by atoms with Crippen LogP contribution in [-0.2, 0) is 0 Å². The quantitative estimate of drug-likeness (QED) is 0.112. The predicted octanol–water partition coefficient (Wildman–Crippen LogP) is 9.05. The number of hydrogen-bond donors (Lipinski definition) is 0. The molecule has 34 heavy (non-hydrogen) atoms. The van der Waals surface area contributed by atoms with Crippen molar-refractivity contribution in [2.75, 3.05) is 0 Å². The molecule has 0 unspecified atom stereocenters. The summed E-state index contributed by atoms with van der Waals surface area (Å²) in [5.74, 6) is -16.8.